The van der Waals surface area contributed by atoms with Crippen LogP contribution < -0.4 is 0 Å². The van der Waals surface area contributed by atoms with Crippen LogP contribution in [0.4, 0.5) is 0 Å². The second-order valence-corrected chi connectivity index (χ2v) is 9.47. The van der Waals surface area contributed by atoms with E-state index < -0.39 is 23.2 Å². The maximum absolute atomic E-state index is 11.7. The summed E-state index contributed by atoms with van der Waals surface area (Å²) in [5.74, 6) is 0.0549. The lowest BCUT2D eigenvalue weighted by Crippen LogP contribution is -2.38. The summed E-state index contributed by atoms with van der Waals surface area (Å²) in [5.41, 5.74) is 0. The van der Waals surface area contributed by atoms with Crippen molar-refractivity contribution in [3.63, 3.8) is 0 Å². The molecule has 0 radical (unpaired) electrons. The van der Waals surface area contributed by atoms with Gasteiger partial charge >= 0.3 is 16.6 Å². The van der Waals surface area contributed by atoms with E-state index in [4.69, 9.17) is 19.5 Å². The van der Waals surface area contributed by atoms with E-state index in [0.29, 0.717) is 25.8 Å². The molecule has 0 aliphatic carbocycles. The Morgan fingerprint density at radius 3 is 2.65 bits per heavy atom. The molecule has 1 saturated heterocycles. The van der Waals surface area contributed by atoms with Crippen LogP contribution in [0.2, 0.25) is 13.1 Å². The number of hydrogen-bond acceptors (Lipinski definition) is 5. The summed E-state index contributed by atoms with van der Waals surface area (Å²) in [6.45, 7) is 10.0. The van der Waals surface area contributed by atoms with Crippen LogP contribution in [-0.4, -0.2) is 47.7 Å². The summed E-state index contributed by atoms with van der Waals surface area (Å²) < 4.78 is 41.0. The van der Waals surface area contributed by atoms with Crippen molar-refractivity contribution >= 4 is 16.6 Å². The molecule has 0 aromatic heterocycles. The van der Waals surface area contributed by atoms with Crippen LogP contribution in [0.25, 0.3) is 0 Å². The highest BCUT2D eigenvalue weighted by molar-refractivity contribution is 7.39. The van der Waals surface area contributed by atoms with Crippen molar-refractivity contribution in [3.05, 3.63) is 0 Å². The number of rotatable bonds is 8. The minimum atomic E-state index is -2.10. The van der Waals surface area contributed by atoms with Crippen LogP contribution in [0.1, 0.15) is 28.6 Å². The Hall–Kier alpha value is 0.157. The van der Waals surface area contributed by atoms with Crippen molar-refractivity contribution in [2.75, 3.05) is 33.1 Å². The van der Waals surface area contributed by atoms with Gasteiger partial charge in [0, 0.05) is 19.6 Å². The minimum Gasteiger partial charge on any atom is -0.398 e. The molecular formula is C13H30O5PSi+. The van der Waals surface area contributed by atoms with Crippen molar-refractivity contribution in [2.24, 2.45) is 5.92 Å². The van der Waals surface area contributed by atoms with E-state index in [1.165, 1.54) is 0 Å². The highest BCUT2D eigenvalue weighted by Gasteiger charge is 2.37. The maximum Gasteiger partial charge on any atom is 0.508 e. The first-order chi connectivity index (χ1) is 9.88. The predicted octanol–water partition coefficient (Wildman–Crippen LogP) is 3.56. The van der Waals surface area contributed by atoms with Gasteiger partial charge < -0.3 is 13.6 Å². The Bertz CT molecular complexity index is 306. The predicted molar refractivity (Wildman–Crippen MR) is 83.7 cm³/mol. The van der Waals surface area contributed by atoms with E-state index in [-0.39, 0.29) is 12.0 Å². The molecule has 0 saturated carbocycles. The highest BCUT2D eigenvalue weighted by atomic mass is 31.1. The molecule has 7 heteroatoms. The topological polar surface area (TPSA) is 54.0 Å². The first-order valence-corrected chi connectivity index (χ1v) is 11.4. The summed E-state index contributed by atoms with van der Waals surface area (Å²) in [7, 11) is -2.13. The highest BCUT2D eigenvalue weighted by Crippen LogP contribution is 2.33. The average molecular weight is 327 g/mol. The monoisotopic (exact) mass is 327 g/mol. The van der Waals surface area contributed by atoms with Gasteiger partial charge in [0.1, 0.15) is 0 Å². The zero-order chi connectivity index (χ0) is 16.5. The number of ether oxygens (including phenoxy) is 1. The van der Waals surface area contributed by atoms with Gasteiger partial charge in [0.15, 0.2) is 6.16 Å². The van der Waals surface area contributed by atoms with E-state index >= 15 is 0 Å². The molecule has 1 fully saturated rings. The van der Waals surface area contributed by atoms with Gasteiger partial charge in [0.2, 0.25) is 0 Å². The molecule has 5 nitrogen and oxygen atoms in total. The van der Waals surface area contributed by atoms with Crippen LogP contribution >= 0.6 is 8.03 Å². The molecule has 4 atom stereocenters. The van der Waals surface area contributed by atoms with Gasteiger partial charge in [-0.3, -0.25) is 0 Å². The fourth-order valence-electron chi connectivity index (χ4n) is 1.66. The van der Waals surface area contributed by atoms with Crippen LogP contribution in [0.15, 0.2) is 0 Å². The van der Waals surface area contributed by atoms with Gasteiger partial charge in [-0.15, -0.1) is 4.52 Å². The van der Waals surface area contributed by atoms with Crippen LogP contribution in [-0.2, 0) is 22.7 Å². The third-order valence-electron chi connectivity index (χ3n) is 2.94. The van der Waals surface area contributed by atoms with Crippen LogP contribution in [0.5, 0.6) is 0 Å². The average Bonchev–Trinajstić information content (AvgIpc) is 2.79. The van der Waals surface area contributed by atoms with Gasteiger partial charge in [0.25, 0.3) is 0 Å². The lowest BCUT2D eigenvalue weighted by molar-refractivity contribution is 0.0392. The van der Waals surface area contributed by atoms with Gasteiger partial charge in [0.05, 0.1) is 20.7 Å². The van der Waals surface area contributed by atoms with Crippen molar-refractivity contribution in [3.8, 4) is 0 Å². The van der Waals surface area contributed by atoms with Gasteiger partial charge in [-0.25, -0.2) is 0 Å². The third-order valence-corrected chi connectivity index (χ3v) is 6.10. The summed E-state index contributed by atoms with van der Waals surface area (Å²) in [4.78, 5) is 0. The van der Waals surface area contributed by atoms with Crippen molar-refractivity contribution < 1.29 is 24.0 Å². The van der Waals surface area contributed by atoms with Gasteiger partial charge in [-0.05, 0) is 31.0 Å². The molecule has 0 N–H and O–H groups in total. The van der Waals surface area contributed by atoms with Crippen LogP contribution in [0, 0.1) is 5.92 Å². The lowest BCUT2D eigenvalue weighted by Gasteiger charge is -2.23. The van der Waals surface area contributed by atoms with E-state index in [0.717, 1.165) is 0 Å². The molecule has 1 rings (SSSR count). The molecule has 0 spiro atoms. The molecule has 120 valence electrons. The summed E-state index contributed by atoms with van der Waals surface area (Å²) in [6.07, 6.45) is 0.822. The third kappa shape index (κ3) is 7.81. The summed E-state index contributed by atoms with van der Waals surface area (Å²) in [6, 6.07) is 0. The fraction of sp³-hybridized carbons (Fsp3) is 1.00. The standard InChI is InChI=1S/C11H24O5PSi.C2H6/c1-5-15-17(12)9-10-6-7-14-11(10)8-16-18(3,4)13-2;1-2/h10-11H,5-9H2,1-4H3;1-2H3/q+1;/t10-,11-;/m1./s1/i7T;/t7-,10+,11+;/m0.. The Morgan fingerprint density at radius 2 is 2.10 bits per heavy atom. The Morgan fingerprint density at radius 1 is 1.45 bits per heavy atom. The minimum absolute atomic E-state index is 0.0549. The molecule has 1 unspecified atom stereocenters. The van der Waals surface area contributed by atoms with E-state index in [1.807, 2.05) is 33.9 Å². The van der Waals surface area contributed by atoms with Gasteiger partial charge in [-0.1, -0.05) is 13.8 Å². The molecule has 1 aliphatic rings. The van der Waals surface area contributed by atoms with E-state index in [1.54, 1.807) is 7.11 Å². The summed E-state index contributed by atoms with van der Waals surface area (Å²) in [5, 5.41) is 0. The first kappa shape index (κ1) is 18.2. The maximum atomic E-state index is 11.7. The molecule has 20 heavy (non-hydrogen) atoms. The SMILES string of the molecule is CC.[3H][C@H]1C[C@H](C[P+](=O)OCC)[C@@H](CO[Si](C)(C)OC)O1. The molecule has 1 heterocycles. The summed E-state index contributed by atoms with van der Waals surface area (Å²) >= 11 is 0. The van der Waals surface area contributed by atoms with Crippen LogP contribution in [0.3, 0.4) is 0 Å². The number of hydrogen-bond donors (Lipinski definition) is 0. The Labute approximate surface area is 126 Å². The fourth-order valence-corrected chi connectivity index (χ4v) is 3.51. The second-order valence-electron chi connectivity index (χ2n) is 4.69. The largest absolute Gasteiger partial charge is 0.508 e. The first-order valence-electron chi connectivity index (χ1n) is 7.80. The van der Waals surface area contributed by atoms with Crippen molar-refractivity contribution in [2.45, 2.75) is 46.4 Å². The van der Waals surface area contributed by atoms with Crippen molar-refractivity contribution in [1.82, 2.24) is 0 Å². The Balaban J connectivity index is 0.00000191. The molecular weight excluding hydrogens is 295 g/mol. The molecule has 0 aromatic rings. The Kier molecular flexibility index (Phi) is 9.85. The smallest absolute Gasteiger partial charge is 0.398 e. The normalized spacial score (nSPS) is 27.6. The molecule has 0 aromatic carbocycles. The zero-order valence-corrected chi connectivity index (χ0v) is 15.4. The van der Waals surface area contributed by atoms with Crippen molar-refractivity contribution in [1.29, 1.82) is 0 Å². The molecule has 0 bridgehead atoms. The van der Waals surface area contributed by atoms with Gasteiger partial charge in [-0.2, -0.15) is 0 Å². The van der Waals surface area contributed by atoms with E-state index in [9.17, 15) is 4.57 Å². The molecule has 0 amide bonds. The second kappa shape index (κ2) is 10.8. The quantitative estimate of drug-likeness (QED) is 0.504. The zero-order valence-electron chi connectivity index (χ0n) is 14.5. The molecule has 1 aliphatic heterocycles. The van der Waals surface area contributed by atoms with E-state index in [2.05, 4.69) is 0 Å². The lowest BCUT2D eigenvalue weighted by atomic mass is 10.1.